The standard InChI is InChI=1S/C22H32O7/c1-13(2)16-8-7-14(3)9-17(16)29-20(23)12-28-22(24)15-10-18(25-4)21(27-6)19(11-15)26-5/h10-11,13-14,16-17H,7-9,12H2,1-6H3/t14-,16-,17+/m1/s1. The topological polar surface area (TPSA) is 80.3 Å². The summed E-state index contributed by atoms with van der Waals surface area (Å²) in [5.41, 5.74) is 0.193. The molecule has 1 saturated carbocycles. The molecule has 0 unspecified atom stereocenters. The molecule has 1 fully saturated rings. The third kappa shape index (κ3) is 5.78. The fourth-order valence-corrected chi connectivity index (χ4v) is 3.86. The minimum atomic E-state index is -0.668. The first-order valence-electron chi connectivity index (χ1n) is 9.97. The number of carbonyl (C=O) groups excluding carboxylic acids is 2. The molecule has 0 radical (unpaired) electrons. The Hall–Kier alpha value is -2.44. The van der Waals surface area contributed by atoms with Crippen molar-refractivity contribution < 1.29 is 33.3 Å². The molecule has 162 valence electrons. The van der Waals surface area contributed by atoms with Crippen molar-refractivity contribution in [3.63, 3.8) is 0 Å². The lowest BCUT2D eigenvalue weighted by Gasteiger charge is -2.36. The minimum absolute atomic E-state index is 0.133. The smallest absolute Gasteiger partial charge is 0.344 e. The summed E-state index contributed by atoms with van der Waals surface area (Å²) in [4.78, 5) is 24.7. The van der Waals surface area contributed by atoms with Crippen LogP contribution in [0.25, 0.3) is 0 Å². The predicted molar refractivity (Wildman–Crippen MR) is 108 cm³/mol. The van der Waals surface area contributed by atoms with Gasteiger partial charge in [-0.15, -0.1) is 0 Å². The molecule has 0 aliphatic heterocycles. The van der Waals surface area contributed by atoms with Crippen molar-refractivity contribution in [2.45, 2.75) is 46.1 Å². The van der Waals surface area contributed by atoms with Gasteiger partial charge in [-0.25, -0.2) is 9.59 Å². The third-order valence-corrected chi connectivity index (χ3v) is 5.47. The van der Waals surface area contributed by atoms with Gasteiger partial charge in [0.2, 0.25) is 5.75 Å². The highest BCUT2D eigenvalue weighted by Crippen LogP contribution is 2.38. The van der Waals surface area contributed by atoms with Gasteiger partial charge < -0.3 is 23.7 Å². The summed E-state index contributed by atoms with van der Waals surface area (Å²) >= 11 is 0. The quantitative estimate of drug-likeness (QED) is 0.604. The van der Waals surface area contributed by atoms with E-state index in [2.05, 4.69) is 20.8 Å². The molecule has 0 aromatic heterocycles. The number of ether oxygens (including phenoxy) is 5. The molecule has 0 bridgehead atoms. The average molecular weight is 408 g/mol. The molecule has 1 aliphatic carbocycles. The van der Waals surface area contributed by atoms with Crippen LogP contribution in [0.2, 0.25) is 0 Å². The van der Waals surface area contributed by atoms with Crippen LogP contribution in [0.3, 0.4) is 0 Å². The summed E-state index contributed by atoms with van der Waals surface area (Å²) in [6.07, 6.45) is 2.90. The van der Waals surface area contributed by atoms with E-state index < -0.39 is 18.5 Å². The van der Waals surface area contributed by atoms with Crippen molar-refractivity contribution in [2.24, 2.45) is 17.8 Å². The van der Waals surface area contributed by atoms with Crippen molar-refractivity contribution >= 4 is 11.9 Å². The van der Waals surface area contributed by atoms with Gasteiger partial charge in [0, 0.05) is 0 Å². The molecule has 29 heavy (non-hydrogen) atoms. The Morgan fingerprint density at radius 3 is 2.17 bits per heavy atom. The van der Waals surface area contributed by atoms with E-state index in [-0.39, 0.29) is 11.7 Å². The van der Waals surface area contributed by atoms with Gasteiger partial charge in [0.05, 0.1) is 26.9 Å². The van der Waals surface area contributed by atoms with E-state index in [0.29, 0.717) is 35.0 Å². The maximum absolute atomic E-state index is 12.4. The van der Waals surface area contributed by atoms with E-state index in [9.17, 15) is 9.59 Å². The molecular formula is C22H32O7. The lowest BCUT2D eigenvalue weighted by atomic mass is 9.75. The fourth-order valence-electron chi connectivity index (χ4n) is 3.86. The van der Waals surface area contributed by atoms with Crippen molar-refractivity contribution in [1.29, 1.82) is 0 Å². The van der Waals surface area contributed by atoms with Crippen LogP contribution in [0.1, 0.15) is 50.4 Å². The Balaban J connectivity index is 2.00. The Bertz CT molecular complexity index is 688. The highest BCUT2D eigenvalue weighted by Gasteiger charge is 2.33. The van der Waals surface area contributed by atoms with Gasteiger partial charge in [0.15, 0.2) is 18.1 Å². The van der Waals surface area contributed by atoms with E-state index >= 15 is 0 Å². The summed E-state index contributed by atoms with van der Waals surface area (Å²) in [5.74, 6) is 1.12. The lowest BCUT2D eigenvalue weighted by Crippen LogP contribution is -2.36. The number of hydrogen-bond donors (Lipinski definition) is 0. The van der Waals surface area contributed by atoms with E-state index in [1.165, 1.54) is 33.5 Å². The number of methoxy groups -OCH3 is 3. The van der Waals surface area contributed by atoms with Crippen molar-refractivity contribution in [3.05, 3.63) is 17.7 Å². The zero-order chi connectivity index (χ0) is 21.6. The Morgan fingerprint density at radius 1 is 1.03 bits per heavy atom. The molecule has 0 amide bonds. The maximum atomic E-state index is 12.4. The SMILES string of the molecule is COc1cc(C(=O)OCC(=O)O[C@H]2C[C@H](C)CC[C@@H]2C(C)C)cc(OC)c1OC. The van der Waals surface area contributed by atoms with Crippen LogP contribution < -0.4 is 14.2 Å². The predicted octanol–water partition coefficient (Wildman–Crippen LogP) is 3.87. The number of carbonyl (C=O) groups is 2. The zero-order valence-corrected chi connectivity index (χ0v) is 18.2. The molecule has 1 aromatic rings. The molecule has 2 rings (SSSR count). The molecule has 7 heteroatoms. The van der Waals surface area contributed by atoms with Gasteiger partial charge in [0.25, 0.3) is 0 Å². The first kappa shape index (κ1) is 22.8. The maximum Gasteiger partial charge on any atom is 0.344 e. The third-order valence-electron chi connectivity index (χ3n) is 5.47. The van der Waals surface area contributed by atoms with Crippen molar-refractivity contribution in [1.82, 2.24) is 0 Å². The monoisotopic (exact) mass is 408 g/mol. The average Bonchev–Trinajstić information content (AvgIpc) is 2.70. The van der Waals surface area contributed by atoms with Gasteiger partial charge in [-0.2, -0.15) is 0 Å². The summed E-state index contributed by atoms with van der Waals surface area (Å²) in [7, 11) is 4.39. The number of esters is 2. The summed E-state index contributed by atoms with van der Waals surface area (Å²) in [6.45, 7) is 6.02. The second kappa shape index (κ2) is 10.4. The summed E-state index contributed by atoms with van der Waals surface area (Å²) < 4.78 is 26.5. The van der Waals surface area contributed by atoms with Gasteiger partial charge in [-0.1, -0.05) is 27.2 Å². The molecule has 0 heterocycles. The number of rotatable bonds is 8. The highest BCUT2D eigenvalue weighted by molar-refractivity contribution is 5.92. The van der Waals surface area contributed by atoms with Crippen LogP contribution in [0, 0.1) is 17.8 Å². The molecule has 0 spiro atoms. The molecule has 0 saturated heterocycles. The highest BCUT2D eigenvalue weighted by atomic mass is 16.6. The molecule has 7 nitrogen and oxygen atoms in total. The largest absolute Gasteiger partial charge is 0.493 e. The van der Waals surface area contributed by atoms with Gasteiger partial charge in [-0.05, 0) is 42.7 Å². The van der Waals surface area contributed by atoms with Crippen molar-refractivity contribution in [2.75, 3.05) is 27.9 Å². The second-order valence-electron chi connectivity index (χ2n) is 7.84. The van der Waals surface area contributed by atoms with E-state index in [1.54, 1.807) is 0 Å². The van der Waals surface area contributed by atoms with Crippen LogP contribution in [0.4, 0.5) is 0 Å². The van der Waals surface area contributed by atoms with Crippen LogP contribution in [0.5, 0.6) is 17.2 Å². The van der Waals surface area contributed by atoms with Crippen LogP contribution in [0.15, 0.2) is 12.1 Å². The summed E-state index contributed by atoms with van der Waals surface area (Å²) in [5, 5.41) is 0. The van der Waals surface area contributed by atoms with E-state index in [1.807, 2.05) is 0 Å². The first-order chi connectivity index (χ1) is 13.8. The van der Waals surface area contributed by atoms with Gasteiger partial charge in [-0.3, -0.25) is 0 Å². The molecular weight excluding hydrogens is 376 g/mol. The summed E-state index contributed by atoms with van der Waals surface area (Å²) in [6, 6.07) is 2.96. The minimum Gasteiger partial charge on any atom is -0.493 e. The molecule has 3 atom stereocenters. The first-order valence-corrected chi connectivity index (χ1v) is 9.97. The van der Waals surface area contributed by atoms with Crippen LogP contribution >= 0.6 is 0 Å². The molecule has 1 aromatic carbocycles. The second-order valence-corrected chi connectivity index (χ2v) is 7.84. The van der Waals surface area contributed by atoms with Crippen LogP contribution in [-0.2, 0) is 14.3 Å². The van der Waals surface area contributed by atoms with E-state index in [4.69, 9.17) is 23.7 Å². The normalized spacial score (nSPS) is 21.4. The van der Waals surface area contributed by atoms with Gasteiger partial charge in [0.1, 0.15) is 6.10 Å². The lowest BCUT2D eigenvalue weighted by molar-refractivity contribution is -0.159. The number of hydrogen-bond acceptors (Lipinski definition) is 7. The fraction of sp³-hybridized carbons (Fsp3) is 0.636. The number of benzene rings is 1. The zero-order valence-electron chi connectivity index (χ0n) is 18.2. The Morgan fingerprint density at radius 2 is 1.66 bits per heavy atom. The Labute approximate surface area is 172 Å². The molecule has 1 aliphatic rings. The van der Waals surface area contributed by atoms with Crippen LogP contribution in [-0.4, -0.2) is 46.0 Å². The van der Waals surface area contributed by atoms with Crippen molar-refractivity contribution in [3.8, 4) is 17.2 Å². The van der Waals surface area contributed by atoms with Gasteiger partial charge >= 0.3 is 11.9 Å². The van der Waals surface area contributed by atoms with E-state index in [0.717, 1.165) is 19.3 Å². The molecule has 0 N–H and O–H groups in total. The Kier molecular flexibility index (Phi) is 8.17.